The molecule has 2 unspecified atom stereocenters. The van der Waals surface area contributed by atoms with E-state index < -0.39 is 0 Å². The predicted octanol–water partition coefficient (Wildman–Crippen LogP) is 2.47. The van der Waals surface area contributed by atoms with Crippen molar-refractivity contribution in [3.05, 3.63) is 0 Å². The van der Waals surface area contributed by atoms with Gasteiger partial charge in [0, 0.05) is 13.2 Å². The molecule has 0 aromatic heterocycles. The molecule has 0 saturated heterocycles. The molecule has 2 heteroatoms. The van der Waals surface area contributed by atoms with Crippen molar-refractivity contribution in [3.8, 4) is 0 Å². The zero-order valence-corrected chi connectivity index (χ0v) is 8.96. The highest BCUT2D eigenvalue weighted by atomic mass is 16.5. The van der Waals surface area contributed by atoms with Crippen molar-refractivity contribution in [2.75, 3.05) is 13.2 Å². The Morgan fingerprint density at radius 1 is 0.917 bits per heavy atom. The molecule has 0 rings (SSSR count). The first-order chi connectivity index (χ1) is 5.63. The lowest BCUT2D eigenvalue weighted by atomic mass is 10.0. The molecular formula is C10H22O2. The molecule has 0 fully saturated rings. The maximum absolute atomic E-state index is 5.59. The Kier molecular flexibility index (Phi) is 6.39. The second-order valence-corrected chi connectivity index (χ2v) is 3.32. The van der Waals surface area contributed by atoms with Gasteiger partial charge in [-0.3, -0.25) is 0 Å². The summed E-state index contributed by atoms with van der Waals surface area (Å²) in [5.74, 6) is 0.520. The average Bonchev–Trinajstić information content (AvgIpc) is 1.99. The molecule has 0 aliphatic rings. The lowest BCUT2D eigenvalue weighted by Gasteiger charge is -2.26. The highest BCUT2D eigenvalue weighted by molar-refractivity contribution is 4.69. The van der Waals surface area contributed by atoms with Crippen LogP contribution in [0.5, 0.6) is 0 Å². The second kappa shape index (κ2) is 6.44. The number of hydrogen-bond acceptors (Lipinski definition) is 2. The number of ether oxygens (including phenoxy) is 2. The van der Waals surface area contributed by atoms with E-state index in [4.69, 9.17) is 9.47 Å². The van der Waals surface area contributed by atoms with E-state index in [1.807, 2.05) is 13.8 Å². The normalized spacial score (nSPS) is 16.5. The Morgan fingerprint density at radius 2 is 1.42 bits per heavy atom. The molecule has 74 valence electrons. The SMILES string of the molecule is CCOC(C)C(OCC)C(C)C. The average molecular weight is 174 g/mol. The Morgan fingerprint density at radius 3 is 1.75 bits per heavy atom. The van der Waals surface area contributed by atoms with Crippen LogP contribution in [-0.2, 0) is 9.47 Å². The summed E-state index contributed by atoms with van der Waals surface area (Å²) in [6.07, 6.45) is 0.435. The summed E-state index contributed by atoms with van der Waals surface area (Å²) in [7, 11) is 0. The lowest BCUT2D eigenvalue weighted by Crippen LogP contribution is -2.33. The quantitative estimate of drug-likeness (QED) is 0.616. The molecule has 0 bridgehead atoms. The van der Waals surface area contributed by atoms with Gasteiger partial charge in [0.2, 0.25) is 0 Å². The number of hydrogen-bond donors (Lipinski definition) is 0. The zero-order chi connectivity index (χ0) is 9.56. The molecular weight excluding hydrogens is 152 g/mol. The predicted molar refractivity (Wildman–Crippen MR) is 51.3 cm³/mol. The summed E-state index contributed by atoms with van der Waals surface area (Å²) in [5, 5.41) is 0. The first-order valence-corrected chi connectivity index (χ1v) is 4.86. The van der Waals surface area contributed by atoms with Crippen molar-refractivity contribution in [1.29, 1.82) is 0 Å². The molecule has 12 heavy (non-hydrogen) atoms. The summed E-state index contributed by atoms with van der Waals surface area (Å²) in [6.45, 7) is 12.0. The zero-order valence-electron chi connectivity index (χ0n) is 8.96. The van der Waals surface area contributed by atoms with Gasteiger partial charge in [0.1, 0.15) is 0 Å². The van der Waals surface area contributed by atoms with E-state index in [-0.39, 0.29) is 12.2 Å². The Hall–Kier alpha value is -0.0800. The van der Waals surface area contributed by atoms with Gasteiger partial charge >= 0.3 is 0 Å². The molecule has 0 amide bonds. The Bertz CT molecular complexity index is 102. The van der Waals surface area contributed by atoms with E-state index in [0.29, 0.717) is 5.92 Å². The third kappa shape index (κ3) is 4.07. The molecule has 2 atom stereocenters. The largest absolute Gasteiger partial charge is 0.376 e. The van der Waals surface area contributed by atoms with Crippen LogP contribution in [0.1, 0.15) is 34.6 Å². The van der Waals surface area contributed by atoms with Gasteiger partial charge in [-0.2, -0.15) is 0 Å². The topological polar surface area (TPSA) is 18.5 Å². The number of rotatable bonds is 6. The molecule has 0 N–H and O–H groups in total. The molecule has 0 spiro atoms. The summed E-state index contributed by atoms with van der Waals surface area (Å²) < 4.78 is 11.1. The van der Waals surface area contributed by atoms with Crippen molar-refractivity contribution in [1.82, 2.24) is 0 Å². The Labute approximate surface area is 76.3 Å². The monoisotopic (exact) mass is 174 g/mol. The van der Waals surface area contributed by atoms with E-state index in [1.165, 1.54) is 0 Å². The van der Waals surface area contributed by atoms with Gasteiger partial charge in [-0.1, -0.05) is 13.8 Å². The van der Waals surface area contributed by atoms with Crippen LogP contribution >= 0.6 is 0 Å². The fourth-order valence-electron chi connectivity index (χ4n) is 1.42. The molecule has 0 aliphatic heterocycles. The first-order valence-electron chi connectivity index (χ1n) is 4.86. The summed E-state index contributed by atoms with van der Waals surface area (Å²) in [5.41, 5.74) is 0. The fourth-order valence-corrected chi connectivity index (χ4v) is 1.42. The van der Waals surface area contributed by atoms with Crippen LogP contribution in [0.4, 0.5) is 0 Å². The van der Waals surface area contributed by atoms with Crippen molar-refractivity contribution in [2.45, 2.75) is 46.8 Å². The highest BCUT2D eigenvalue weighted by Gasteiger charge is 2.20. The van der Waals surface area contributed by atoms with Gasteiger partial charge in [0.25, 0.3) is 0 Å². The van der Waals surface area contributed by atoms with Crippen LogP contribution in [0.2, 0.25) is 0 Å². The van der Waals surface area contributed by atoms with Crippen LogP contribution in [0.3, 0.4) is 0 Å². The van der Waals surface area contributed by atoms with Gasteiger partial charge < -0.3 is 9.47 Å². The van der Waals surface area contributed by atoms with Gasteiger partial charge in [0.05, 0.1) is 12.2 Å². The highest BCUT2D eigenvalue weighted by Crippen LogP contribution is 2.13. The fraction of sp³-hybridized carbons (Fsp3) is 1.00. The first kappa shape index (κ1) is 11.9. The van der Waals surface area contributed by atoms with Crippen molar-refractivity contribution in [3.63, 3.8) is 0 Å². The van der Waals surface area contributed by atoms with E-state index in [9.17, 15) is 0 Å². The summed E-state index contributed by atoms with van der Waals surface area (Å²) in [6, 6.07) is 0. The van der Waals surface area contributed by atoms with Gasteiger partial charge in [-0.25, -0.2) is 0 Å². The maximum atomic E-state index is 5.59. The molecule has 0 radical (unpaired) electrons. The van der Waals surface area contributed by atoms with Crippen LogP contribution in [0, 0.1) is 5.92 Å². The van der Waals surface area contributed by atoms with Gasteiger partial charge in [-0.05, 0) is 26.7 Å². The standard InChI is InChI=1S/C10H22O2/c1-6-11-9(5)10(8(3)4)12-7-2/h8-10H,6-7H2,1-5H3. The van der Waals surface area contributed by atoms with Crippen LogP contribution < -0.4 is 0 Å². The van der Waals surface area contributed by atoms with Crippen LogP contribution in [-0.4, -0.2) is 25.4 Å². The van der Waals surface area contributed by atoms with E-state index in [1.54, 1.807) is 0 Å². The van der Waals surface area contributed by atoms with Crippen molar-refractivity contribution < 1.29 is 9.47 Å². The molecule has 0 aromatic carbocycles. The molecule has 0 aromatic rings. The smallest absolute Gasteiger partial charge is 0.0856 e. The molecule has 0 heterocycles. The Balaban J connectivity index is 3.90. The summed E-state index contributed by atoms with van der Waals surface area (Å²) >= 11 is 0. The van der Waals surface area contributed by atoms with Gasteiger partial charge in [-0.15, -0.1) is 0 Å². The summed E-state index contributed by atoms with van der Waals surface area (Å²) in [4.78, 5) is 0. The minimum Gasteiger partial charge on any atom is -0.376 e. The van der Waals surface area contributed by atoms with E-state index in [0.717, 1.165) is 13.2 Å². The third-order valence-electron chi connectivity index (χ3n) is 1.91. The maximum Gasteiger partial charge on any atom is 0.0856 e. The second-order valence-electron chi connectivity index (χ2n) is 3.32. The minimum atomic E-state index is 0.204. The van der Waals surface area contributed by atoms with E-state index >= 15 is 0 Å². The van der Waals surface area contributed by atoms with Crippen LogP contribution in [0.25, 0.3) is 0 Å². The lowest BCUT2D eigenvalue weighted by molar-refractivity contribution is -0.0782. The molecule has 0 aliphatic carbocycles. The third-order valence-corrected chi connectivity index (χ3v) is 1.91. The minimum absolute atomic E-state index is 0.204. The van der Waals surface area contributed by atoms with Crippen molar-refractivity contribution >= 4 is 0 Å². The van der Waals surface area contributed by atoms with Crippen LogP contribution in [0.15, 0.2) is 0 Å². The molecule has 0 saturated carbocycles. The molecule has 2 nitrogen and oxygen atoms in total. The van der Waals surface area contributed by atoms with Gasteiger partial charge in [0.15, 0.2) is 0 Å². The van der Waals surface area contributed by atoms with Crippen molar-refractivity contribution in [2.24, 2.45) is 5.92 Å². The van der Waals surface area contributed by atoms with E-state index in [2.05, 4.69) is 20.8 Å².